The molecule has 0 aliphatic heterocycles. The quantitative estimate of drug-likeness (QED) is 0.358. The molecule has 0 aliphatic rings. The molecule has 5 heteroatoms. The molecule has 0 heterocycles. The first-order chi connectivity index (χ1) is 3.48. The van der Waals surface area contributed by atoms with E-state index in [-0.39, 0.29) is 0 Å². The van der Waals surface area contributed by atoms with Crippen LogP contribution in [0.25, 0.3) is 0 Å². The van der Waals surface area contributed by atoms with Crippen LogP contribution in [0.15, 0.2) is 0 Å². The van der Waals surface area contributed by atoms with Crippen molar-refractivity contribution in [3.05, 3.63) is 0 Å². The van der Waals surface area contributed by atoms with Crippen LogP contribution in [0.3, 0.4) is 0 Å². The van der Waals surface area contributed by atoms with Gasteiger partial charge in [0.1, 0.15) is 0 Å². The Kier molecular flexibility index (Phi) is 1.84. The topological polar surface area (TPSA) is 63.4 Å². The maximum atomic E-state index is 10.1. The summed E-state index contributed by atoms with van der Waals surface area (Å²) >= 11 is 0. The average Bonchev–Trinajstić information content (AvgIpc) is 1.62. The summed E-state index contributed by atoms with van der Waals surface area (Å²) in [5, 5.41) is 4.55. The van der Waals surface area contributed by atoms with E-state index < -0.39 is 10.2 Å². The van der Waals surface area contributed by atoms with Crippen molar-refractivity contribution in [1.82, 2.24) is 4.31 Å². The Labute approximate surface area is 48.5 Å². The zero-order valence-electron chi connectivity index (χ0n) is 4.33. The monoisotopic (exact) mass is 134 g/mol. The van der Waals surface area contributed by atoms with Crippen molar-refractivity contribution in [2.75, 3.05) is 7.05 Å². The summed E-state index contributed by atoms with van der Waals surface area (Å²) in [4.78, 5) is 0. The van der Waals surface area contributed by atoms with Gasteiger partial charge < -0.3 is 0 Å². The Morgan fingerprint density at radius 1 is 1.75 bits per heavy atom. The van der Waals surface area contributed by atoms with Crippen molar-refractivity contribution in [1.29, 1.82) is 0 Å². The molecular weight excluding hydrogens is 128 g/mol. The van der Waals surface area contributed by atoms with Gasteiger partial charge in [-0.05, 0) is 0 Å². The highest BCUT2D eigenvalue weighted by Crippen LogP contribution is 1.81. The van der Waals surface area contributed by atoms with Crippen molar-refractivity contribution >= 4 is 10.2 Å². The van der Waals surface area contributed by atoms with E-state index in [1.165, 1.54) is 7.05 Å². The number of nitrogens with two attached hydrogens (primary N) is 1. The fourth-order valence-corrected chi connectivity index (χ4v) is 0.220. The van der Waals surface area contributed by atoms with Gasteiger partial charge in [-0.25, -0.2) is 9.44 Å². The average molecular weight is 134 g/mol. The molecule has 0 radical (unpaired) electrons. The molecule has 0 saturated carbocycles. The lowest BCUT2D eigenvalue weighted by molar-refractivity contribution is 0.549. The van der Waals surface area contributed by atoms with Crippen molar-refractivity contribution < 1.29 is 8.42 Å². The van der Waals surface area contributed by atoms with Crippen LogP contribution in [-0.4, -0.2) is 19.8 Å². The maximum absolute atomic E-state index is 10.1. The zero-order valence-corrected chi connectivity index (χ0v) is 5.14. The van der Waals surface area contributed by atoms with Crippen LogP contribution < -0.4 is 5.14 Å². The minimum atomic E-state index is -3.66. The van der Waals surface area contributed by atoms with Crippen molar-refractivity contribution in [2.24, 2.45) is 5.14 Å². The molecule has 0 aromatic carbocycles. The van der Waals surface area contributed by atoms with E-state index >= 15 is 0 Å². The van der Waals surface area contributed by atoms with Crippen molar-refractivity contribution in [2.45, 2.75) is 0 Å². The molecule has 0 amide bonds. The summed E-state index contributed by atoms with van der Waals surface area (Å²) in [5.41, 5.74) is 0. The van der Waals surface area contributed by atoms with Gasteiger partial charge in [0.15, 0.2) is 0 Å². The second kappa shape index (κ2) is 2.03. The highest BCUT2D eigenvalue weighted by molar-refractivity contribution is 7.86. The van der Waals surface area contributed by atoms with E-state index in [0.29, 0.717) is 4.31 Å². The minimum absolute atomic E-state index is 0.590. The molecule has 0 spiro atoms. The summed E-state index contributed by atoms with van der Waals surface area (Å²) in [7, 11) is -2.47. The molecule has 0 saturated heterocycles. The van der Waals surface area contributed by atoms with Gasteiger partial charge in [0.2, 0.25) is 0 Å². The second-order valence-electron chi connectivity index (χ2n) is 1.14. The maximum Gasteiger partial charge on any atom is 0.305 e. The first kappa shape index (κ1) is 7.27. The molecule has 0 unspecified atom stereocenters. The van der Waals surface area contributed by atoms with Crippen LogP contribution in [-0.2, 0) is 10.2 Å². The van der Waals surface area contributed by atoms with Crippen molar-refractivity contribution in [3.63, 3.8) is 0 Å². The van der Waals surface area contributed by atoms with Crippen LogP contribution >= 0.6 is 0 Å². The third-order valence-corrected chi connectivity index (χ3v) is 1.43. The minimum Gasteiger partial charge on any atom is -0.219 e. The van der Waals surface area contributed by atoms with Gasteiger partial charge in [-0.3, -0.25) is 0 Å². The summed E-state index contributed by atoms with van der Waals surface area (Å²) < 4.78 is 20.8. The normalized spacial score (nSPS) is 10.1. The van der Waals surface area contributed by atoms with E-state index in [1.54, 1.807) is 0 Å². The summed E-state index contributed by atoms with van der Waals surface area (Å²) in [6.07, 6.45) is 4.67. The van der Waals surface area contributed by atoms with E-state index in [1.807, 2.05) is 6.04 Å². The summed E-state index contributed by atoms with van der Waals surface area (Å²) in [5.74, 6) is 0. The lowest BCUT2D eigenvalue weighted by atomic mass is 11.1. The van der Waals surface area contributed by atoms with Gasteiger partial charge in [-0.1, -0.05) is 6.42 Å². The number of nitrogens with zero attached hydrogens (tertiary/aromatic N) is 1. The van der Waals surface area contributed by atoms with E-state index in [0.717, 1.165) is 0 Å². The van der Waals surface area contributed by atoms with E-state index in [9.17, 15) is 8.42 Å². The molecule has 0 fully saturated rings. The fraction of sp³-hybridized carbons (Fsp3) is 0.333. The summed E-state index contributed by atoms with van der Waals surface area (Å²) in [6.45, 7) is 0. The lowest BCUT2D eigenvalue weighted by Gasteiger charge is -2.03. The SMILES string of the molecule is C#CN(C)S(N)(=O)=O. The van der Waals surface area contributed by atoms with Gasteiger partial charge in [-0.2, -0.15) is 8.42 Å². The number of hydrogen-bond donors (Lipinski definition) is 1. The molecule has 0 aromatic rings. The van der Waals surface area contributed by atoms with Crippen LogP contribution in [0.2, 0.25) is 0 Å². The Hall–Kier alpha value is -0.730. The first-order valence-corrected chi connectivity index (χ1v) is 3.21. The van der Waals surface area contributed by atoms with Gasteiger partial charge >= 0.3 is 10.2 Å². The van der Waals surface area contributed by atoms with Crippen LogP contribution in [0.1, 0.15) is 0 Å². The third-order valence-electron chi connectivity index (χ3n) is 0.564. The van der Waals surface area contributed by atoms with E-state index in [4.69, 9.17) is 0 Å². The predicted octanol–water partition coefficient (Wildman–Crippen LogP) is -1.29. The van der Waals surface area contributed by atoms with E-state index in [2.05, 4.69) is 11.6 Å². The standard InChI is InChI=1S/C3H6N2O2S/c1-3-5(2)8(4,6)7/h1H,2H3,(H2,4,6,7). The van der Waals surface area contributed by atoms with Crippen LogP contribution in [0, 0.1) is 12.5 Å². The second-order valence-corrected chi connectivity index (χ2v) is 2.72. The van der Waals surface area contributed by atoms with Gasteiger partial charge in [-0.15, -0.1) is 0 Å². The molecular formula is C3H6N2O2S. The van der Waals surface area contributed by atoms with Crippen molar-refractivity contribution in [3.8, 4) is 12.5 Å². The first-order valence-electron chi connectivity index (χ1n) is 1.71. The van der Waals surface area contributed by atoms with Gasteiger partial charge in [0, 0.05) is 13.1 Å². The van der Waals surface area contributed by atoms with Crippen LogP contribution in [0.4, 0.5) is 0 Å². The third kappa shape index (κ3) is 1.82. The zero-order chi connectivity index (χ0) is 6.78. The number of rotatable bonds is 1. The lowest BCUT2D eigenvalue weighted by Crippen LogP contribution is -2.28. The largest absolute Gasteiger partial charge is 0.305 e. The number of terminal acetylenes is 1. The molecule has 0 atom stereocenters. The Morgan fingerprint density at radius 3 is 2.12 bits per heavy atom. The molecule has 2 N–H and O–H groups in total. The highest BCUT2D eigenvalue weighted by Gasteiger charge is 2.03. The Bertz CT molecular complexity index is 200. The fourth-order valence-electron chi connectivity index (χ4n) is 0.0735. The highest BCUT2D eigenvalue weighted by atomic mass is 32.2. The Balaban J connectivity index is 4.34. The smallest absolute Gasteiger partial charge is 0.219 e. The van der Waals surface area contributed by atoms with Gasteiger partial charge in [0.05, 0.1) is 0 Å². The molecule has 0 aliphatic carbocycles. The molecule has 0 aromatic heterocycles. The molecule has 46 valence electrons. The molecule has 0 rings (SSSR count). The summed E-state index contributed by atoms with van der Waals surface area (Å²) in [6, 6.07) is 1.83. The molecule has 4 nitrogen and oxygen atoms in total. The number of hydrogen-bond acceptors (Lipinski definition) is 2. The van der Waals surface area contributed by atoms with Gasteiger partial charge in [0.25, 0.3) is 0 Å². The molecule has 8 heavy (non-hydrogen) atoms. The Morgan fingerprint density at radius 2 is 2.12 bits per heavy atom. The van der Waals surface area contributed by atoms with Crippen LogP contribution in [0.5, 0.6) is 0 Å². The predicted molar refractivity (Wildman–Crippen MR) is 29.7 cm³/mol. The molecule has 0 bridgehead atoms.